The van der Waals surface area contributed by atoms with Gasteiger partial charge in [0.15, 0.2) is 0 Å². The van der Waals surface area contributed by atoms with Gasteiger partial charge in [0, 0.05) is 11.7 Å². The molecule has 1 fully saturated rings. The molecule has 0 bridgehead atoms. The van der Waals surface area contributed by atoms with Crippen molar-refractivity contribution in [3.63, 3.8) is 0 Å². The Morgan fingerprint density at radius 1 is 1.19 bits per heavy atom. The molecule has 0 aromatic heterocycles. The minimum absolute atomic E-state index is 0.237. The van der Waals surface area contributed by atoms with E-state index in [1.54, 1.807) is 6.07 Å². The normalized spacial score (nSPS) is 23.4. The summed E-state index contributed by atoms with van der Waals surface area (Å²) in [5, 5.41) is 3.04. The largest absolute Gasteiger partial charge is 0.417 e. The molecule has 0 spiro atoms. The lowest BCUT2D eigenvalue weighted by atomic mass is 9.78. The summed E-state index contributed by atoms with van der Waals surface area (Å²) in [6.07, 6.45) is 0.0523. The summed E-state index contributed by atoms with van der Waals surface area (Å²) in [6, 6.07) is 4.30. The van der Waals surface area contributed by atoms with Crippen molar-refractivity contribution in [1.29, 1.82) is 0 Å². The first-order valence-electron chi connectivity index (χ1n) is 7.42. The summed E-state index contributed by atoms with van der Waals surface area (Å²) >= 11 is 5.65. The molecule has 0 aliphatic heterocycles. The van der Waals surface area contributed by atoms with Crippen LogP contribution in [0.3, 0.4) is 0 Å². The second-order valence-corrected chi connectivity index (χ2v) is 6.54. The molecule has 0 radical (unpaired) electrons. The van der Waals surface area contributed by atoms with E-state index in [0.29, 0.717) is 17.5 Å². The van der Waals surface area contributed by atoms with Gasteiger partial charge in [-0.15, -0.1) is 0 Å². The van der Waals surface area contributed by atoms with Crippen LogP contribution in [0, 0.1) is 11.8 Å². The zero-order chi connectivity index (χ0) is 15.6. The number of hydrogen-bond donors (Lipinski definition) is 1. The van der Waals surface area contributed by atoms with Crippen LogP contribution in [0.25, 0.3) is 0 Å². The van der Waals surface area contributed by atoms with Crippen LogP contribution < -0.4 is 5.32 Å². The average molecular weight is 320 g/mol. The van der Waals surface area contributed by atoms with E-state index in [2.05, 4.69) is 19.2 Å². The Balaban J connectivity index is 2.19. The Kier molecular flexibility index (Phi) is 5.07. The minimum atomic E-state index is -4.42. The van der Waals surface area contributed by atoms with Crippen molar-refractivity contribution in [2.45, 2.75) is 51.7 Å². The number of benzene rings is 1. The van der Waals surface area contributed by atoms with Gasteiger partial charge >= 0.3 is 6.18 Å². The summed E-state index contributed by atoms with van der Waals surface area (Å²) in [6.45, 7) is 4.35. The quantitative estimate of drug-likeness (QED) is 0.722. The van der Waals surface area contributed by atoms with Crippen LogP contribution >= 0.6 is 11.6 Å². The van der Waals surface area contributed by atoms with E-state index in [0.717, 1.165) is 25.3 Å². The Bertz CT molecular complexity index is 485. The van der Waals surface area contributed by atoms with Crippen LogP contribution in [0.1, 0.15) is 45.1 Å². The molecule has 0 amide bonds. The van der Waals surface area contributed by atoms with E-state index < -0.39 is 11.7 Å². The van der Waals surface area contributed by atoms with E-state index in [4.69, 9.17) is 11.6 Å². The van der Waals surface area contributed by atoms with Crippen molar-refractivity contribution in [3.8, 4) is 0 Å². The Hall–Kier alpha value is -0.900. The van der Waals surface area contributed by atoms with Crippen LogP contribution in [0.5, 0.6) is 0 Å². The van der Waals surface area contributed by atoms with Crippen molar-refractivity contribution >= 4 is 17.3 Å². The second kappa shape index (κ2) is 6.47. The first-order valence-corrected chi connectivity index (χ1v) is 7.80. The lowest BCUT2D eigenvalue weighted by Gasteiger charge is -2.35. The van der Waals surface area contributed by atoms with Crippen LogP contribution in [0.4, 0.5) is 18.9 Å². The highest BCUT2D eigenvalue weighted by atomic mass is 35.5. The number of anilines is 1. The molecule has 1 N–H and O–H groups in total. The van der Waals surface area contributed by atoms with Crippen LogP contribution in [0.2, 0.25) is 5.02 Å². The van der Waals surface area contributed by atoms with Gasteiger partial charge in [-0.05, 0) is 42.9 Å². The zero-order valence-electron chi connectivity index (χ0n) is 12.3. The molecule has 1 aliphatic rings. The zero-order valence-corrected chi connectivity index (χ0v) is 13.1. The number of hydrogen-bond acceptors (Lipinski definition) is 1. The monoisotopic (exact) mass is 319 g/mol. The topological polar surface area (TPSA) is 12.0 Å². The Morgan fingerprint density at radius 2 is 1.86 bits per heavy atom. The van der Waals surface area contributed by atoms with Crippen molar-refractivity contribution in [1.82, 2.24) is 0 Å². The molecule has 0 saturated heterocycles. The average Bonchev–Trinajstić information content (AvgIpc) is 2.40. The summed E-state index contributed by atoms with van der Waals surface area (Å²) in [7, 11) is 0. The third kappa shape index (κ3) is 4.06. The lowest BCUT2D eigenvalue weighted by molar-refractivity contribution is -0.137. The second-order valence-electron chi connectivity index (χ2n) is 6.14. The molecule has 2 rings (SSSR count). The fraction of sp³-hybridized carbons (Fsp3) is 0.625. The smallest absolute Gasteiger partial charge is 0.382 e. The van der Waals surface area contributed by atoms with E-state index >= 15 is 0 Å². The van der Waals surface area contributed by atoms with Gasteiger partial charge < -0.3 is 5.32 Å². The third-order valence-corrected chi connectivity index (χ3v) is 4.63. The fourth-order valence-electron chi connectivity index (χ4n) is 3.18. The molecule has 1 aromatic carbocycles. The van der Waals surface area contributed by atoms with E-state index in [1.807, 2.05) is 0 Å². The maximum Gasteiger partial charge on any atom is 0.417 e. The highest BCUT2D eigenvalue weighted by Gasteiger charge is 2.34. The molecular formula is C16H21ClF3N. The standard InChI is InChI=1S/C16H21ClF3N/c1-10(2)12-5-3-4-6-15(12)21-11-7-8-14(17)13(9-11)16(18,19)20/h7-10,12,15,21H,3-6H2,1-2H3. The van der Waals surface area contributed by atoms with Crippen LogP contribution in [-0.4, -0.2) is 6.04 Å². The number of alkyl halides is 3. The number of halogens is 4. The molecule has 1 nitrogen and oxygen atoms in total. The molecule has 21 heavy (non-hydrogen) atoms. The third-order valence-electron chi connectivity index (χ3n) is 4.30. The van der Waals surface area contributed by atoms with Gasteiger partial charge in [0.05, 0.1) is 10.6 Å². The molecule has 5 heteroatoms. The minimum Gasteiger partial charge on any atom is -0.382 e. The summed E-state index contributed by atoms with van der Waals surface area (Å²) < 4.78 is 38.7. The molecule has 118 valence electrons. The van der Waals surface area contributed by atoms with Crippen molar-refractivity contribution in [3.05, 3.63) is 28.8 Å². The van der Waals surface area contributed by atoms with E-state index in [9.17, 15) is 13.2 Å². The SMILES string of the molecule is CC(C)C1CCCCC1Nc1ccc(Cl)c(C(F)(F)F)c1. The predicted molar refractivity (Wildman–Crippen MR) is 80.7 cm³/mol. The summed E-state index contributed by atoms with van der Waals surface area (Å²) in [5.41, 5.74) is -0.268. The van der Waals surface area contributed by atoms with Crippen molar-refractivity contribution in [2.75, 3.05) is 5.32 Å². The maximum absolute atomic E-state index is 12.9. The summed E-state index contributed by atoms with van der Waals surface area (Å²) in [4.78, 5) is 0. The van der Waals surface area contributed by atoms with Gasteiger partial charge in [-0.3, -0.25) is 0 Å². The predicted octanol–water partition coefficient (Wildman–Crippen LogP) is 5.99. The van der Waals surface area contributed by atoms with Crippen molar-refractivity contribution in [2.24, 2.45) is 11.8 Å². The first-order chi connectivity index (χ1) is 9.79. The lowest BCUT2D eigenvalue weighted by Crippen LogP contribution is -2.35. The van der Waals surface area contributed by atoms with Crippen molar-refractivity contribution < 1.29 is 13.2 Å². The van der Waals surface area contributed by atoms with Gasteiger partial charge in [-0.2, -0.15) is 13.2 Å². The molecule has 1 aliphatic carbocycles. The fourth-order valence-corrected chi connectivity index (χ4v) is 3.41. The van der Waals surface area contributed by atoms with E-state index in [-0.39, 0.29) is 11.1 Å². The van der Waals surface area contributed by atoms with Crippen LogP contribution in [-0.2, 0) is 6.18 Å². The van der Waals surface area contributed by atoms with Crippen LogP contribution in [0.15, 0.2) is 18.2 Å². The molecule has 2 atom stereocenters. The van der Waals surface area contributed by atoms with Gasteiger partial charge in [0.25, 0.3) is 0 Å². The first kappa shape index (κ1) is 16.5. The molecule has 1 saturated carbocycles. The Morgan fingerprint density at radius 3 is 2.48 bits per heavy atom. The van der Waals surface area contributed by atoms with E-state index in [1.165, 1.54) is 12.5 Å². The molecule has 1 aromatic rings. The summed E-state index contributed by atoms with van der Waals surface area (Å²) in [5.74, 6) is 1.03. The molecule has 0 heterocycles. The molecular weight excluding hydrogens is 299 g/mol. The van der Waals surface area contributed by atoms with Gasteiger partial charge in [-0.1, -0.05) is 38.3 Å². The maximum atomic E-state index is 12.9. The Labute approximate surface area is 128 Å². The highest BCUT2D eigenvalue weighted by molar-refractivity contribution is 6.31. The molecule has 2 unspecified atom stereocenters. The van der Waals surface area contributed by atoms with Gasteiger partial charge in [0.1, 0.15) is 0 Å². The number of nitrogens with one attached hydrogen (secondary N) is 1. The highest BCUT2D eigenvalue weighted by Crippen LogP contribution is 2.37. The number of rotatable bonds is 3. The van der Waals surface area contributed by atoms with Gasteiger partial charge in [-0.25, -0.2) is 0 Å². The van der Waals surface area contributed by atoms with Gasteiger partial charge in [0.2, 0.25) is 0 Å².